The number of aromatic amines is 1. The number of hydrogen-bond acceptors (Lipinski definition) is 7. The first-order chi connectivity index (χ1) is 10.0. The minimum atomic E-state index is -0.352. The number of methoxy groups -OCH3 is 1. The highest BCUT2D eigenvalue weighted by Crippen LogP contribution is 2.32. The van der Waals surface area contributed by atoms with Crippen LogP contribution in [0.1, 0.15) is 11.3 Å². The standard InChI is InChI=1S/C12H12BrN5O3/c1-6-11(20)15-12(18-16-6)17-14-5-7-3-8(13)4-9(21-2)10(7)19/h3-5,19H,1-2H3,(H2,15,17,18,20). The molecule has 1 aromatic heterocycles. The highest BCUT2D eigenvalue weighted by Gasteiger charge is 2.08. The van der Waals surface area contributed by atoms with Crippen molar-refractivity contribution >= 4 is 28.1 Å². The van der Waals surface area contributed by atoms with E-state index in [-0.39, 0.29) is 23.0 Å². The van der Waals surface area contributed by atoms with Crippen LogP contribution in [0.3, 0.4) is 0 Å². The molecule has 0 fully saturated rings. The van der Waals surface area contributed by atoms with Gasteiger partial charge in [-0.15, -0.1) is 10.2 Å². The molecule has 2 rings (SSSR count). The van der Waals surface area contributed by atoms with Crippen LogP contribution in [0.2, 0.25) is 0 Å². The van der Waals surface area contributed by atoms with E-state index in [4.69, 9.17) is 4.74 Å². The zero-order valence-corrected chi connectivity index (χ0v) is 12.8. The van der Waals surface area contributed by atoms with Gasteiger partial charge in [0, 0.05) is 10.0 Å². The monoisotopic (exact) mass is 353 g/mol. The molecule has 0 amide bonds. The van der Waals surface area contributed by atoms with E-state index in [1.54, 1.807) is 19.1 Å². The predicted octanol–water partition coefficient (Wildman–Crippen LogP) is 1.40. The Morgan fingerprint density at radius 3 is 2.90 bits per heavy atom. The number of aromatic hydroxyl groups is 1. The summed E-state index contributed by atoms with van der Waals surface area (Å²) in [7, 11) is 1.45. The molecule has 1 aromatic carbocycles. The number of benzene rings is 1. The molecule has 0 atom stereocenters. The Morgan fingerprint density at radius 1 is 1.48 bits per heavy atom. The summed E-state index contributed by atoms with van der Waals surface area (Å²) in [5.41, 5.74) is 2.86. The van der Waals surface area contributed by atoms with Crippen LogP contribution in [0.4, 0.5) is 5.95 Å². The van der Waals surface area contributed by atoms with Gasteiger partial charge in [-0.2, -0.15) is 5.10 Å². The number of aromatic nitrogens is 3. The SMILES string of the molecule is COc1cc(Br)cc(C=NNc2nnc(C)c(=O)[nH]2)c1O. The lowest BCUT2D eigenvalue weighted by atomic mass is 10.2. The largest absolute Gasteiger partial charge is 0.504 e. The number of nitrogens with one attached hydrogen (secondary N) is 2. The number of H-pyrrole nitrogens is 1. The van der Waals surface area contributed by atoms with Gasteiger partial charge >= 0.3 is 0 Å². The lowest BCUT2D eigenvalue weighted by Gasteiger charge is -2.06. The molecular formula is C12H12BrN5O3. The molecule has 0 aliphatic rings. The van der Waals surface area contributed by atoms with Crippen LogP contribution in [0, 0.1) is 6.92 Å². The summed E-state index contributed by atoms with van der Waals surface area (Å²) in [5, 5.41) is 21.2. The van der Waals surface area contributed by atoms with Crippen molar-refractivity contribution in [1.29, 1.82) is 0 Å². The first-order valence-electron chi connectivity index (χ1n) is 5.80. The number of anilines is 1. The van der Waals surface area contributed by atoms with E-state index in [2.05, 4.69) is 41.6 Å². The fourth-order valence-electron chi connectivity index (χ4n) is 1.46. The summed E-state index contributed by atoms with van der Waals surface area (Å²) in [4.78, 5) is 13.8. The average Bonchev–Trinajstić information content (AvgIpc) is 2.46. The van der Waals surface area contributed by atoms with Crippen molar-refractivity contribution in [2.75, 3.05) is 12.5 Å². The maximum absolute atomic E-state index is 11.3. The summed E-state index contributed by atoms with van der Waals surface area (Å²) < 4.78 is 5.75. The van der Waals surface area contributed by atoms with Gasteiger partial charge in [0.05, 0.1) is 13.3 Å². The number of aryl methyl sites for hydroxylation is 1. The van der Waals surface area contributed by atoms with Crippen molar-refractivity contribution in [3.63, 3.8) is 0 Å². The van der Waals surface area contributed by atoms with Crippen LogP contribution in [0.25, 0.3) is 0 Å². The molecule has 0 spiro atoms. The van der Waals surface area contributed by atoms with Gasteiger partial charge in [0.15, 0.2) is 11.5 Å². The maximum atomic E-state index is 11.3. The molecule has 0 aliphatic carbocycles. The van der Waals surface area contributed by atoms with Crippen LogP contribution in [0.15, 0.2) is 26.5 Å². The number of phenols is 1. The van der Waals surface area contributed by atoms with Gasteiger partial charge in [0.1, 0.15) is 5.69 Å². The minimum absolute atomic E-state index is 0.0465. The van der Waals surface area contributed by atoms with Crippen LogP contribution in [0.5, 0.6) is 11.5 Å². The highest BCUT2D eigenvalue weighted by atomic mass is 79.9. The van der Waals surface area contributed by atoms with Gasteiger partial charge in [-0.3, -0.25) is 9.78 Å². The lowest BCUT2D eigenvalue weighted by molar-refractivity contribution is 0.373. The van der Waals surface area contributed by atoms with Gasteiger partial charge in [-0.05, 0) is 19.1 Å². The van der Waals surface area contributed by atoms with Crippen LogP contribution in [-0.2, 0) is 0 Å². The second-order valence-electron chi connectivity index (χ2n) is 4.00. The Morgan fingerprint density at radius 2 is 2.24 bits per heavy atom. The smallest absolute Gasteiger partial charge is 0.274 e. The Kier molecular flexibility index (Phi) is 4.53. The molecule has 3 N–H and O–H groups in total. The van der Waals surface area contributed by atoms with E-state index >= 15 is 0 Å². The van der Waals surface area contributed by atoms with Crippen molar-refractivity contribution in [1.82, 2.24) is 15.2 Å². The van der Waals surface area contributed by atoms with Crippen LogP contribution >= 0.6 is 15.9 Å². The lowest BCUT2D eigenvalue weighted by Crippen LogP contribution is -2.15. The molecule has 0 unspecified atom stereocenters. The van der Waals surface area contributed by atoms with E-state index in [1.807, 2.05) is 0 Å². The van der Waals surface area contributed by atoms with Crippen LogP contribution in [-0.4, -0.2) is 33.6 Å². The molecule has 8 nitrogen and oxygen atoms in total. The Hall–Kier alpha value is -2.42. The molecule has 0 radical (unpaired) electrons. The summed E-state index contributed by atoms with van der Waals surface area (Å²) >= 11 is 3.30. The third kappa shape index (κ3) is 3.57. The number of hydrogen-bond donors (Lipinski definition) is 3. The van der Waals surface area contributed by atoms with Gasteiger partial charge < -0.3 is 9.84 Å². The van der Waals surface area contributed by atoms with Gasteiger partial charge in [0.25, 0.3) is 5.56 Å². The van der Waals surface area contributed by atoms with E-state index in [0.717, 1.165) is 4.47 Å². The molecular weight excluding hydrogens is 342 g/mol. The van der Waals surface area contributed by atoms with E-state index < -0.39 is 0 Å². The number of rotatable bonds is 4. The van der Waals surface area contributed by atoms with E-state index in [9.17, 15) is 9.90 Å². The first-order valence-corrected chi connectivity index (χ1v) is 6.59. The number of hydrazone groups is 1. The molecule has 110 valence electrons. The predicted molar refractivity (Wildman–Crippen MR) is 81.0 cm³/mol. The average molecular weight is 354 g/mol. The zero-order chi connectivity index (χ0) is 15.4. The molecule has 9 heteroatoms. The Balaban J connectivity index is 2.20. The molecule has 0 aliphatic heterocycles. The third-order valence-electron chi connectivity index (χ3n) is 2.52. The number of phenolic OH excluding ortho intramolecular Hbond substituents is 1. The van der Waals surface area contributed by atoms with Gasteiger partial charge in [-0.25, -0.2) is 5.43 Å². The second-order valence-corrected chi connectivity index (χ2v) is 4.92. The topological polar surface area (TPSA) is 112 Å². The number of halogens is 1. The van der Waals surface area contributed by atoms with Gasteiger partial charge in [-0.1, -0.05) is 15.9 Å². The maximum Gasteiger partial charge on any atom is 0.274 e. The number of nitrogens with zero attached hydrogens (tertiary/aromatic N) is 3. The fourth-order valence-corrected chi connectivity index (χ4v) is 1.91. The Bertz CT molecular complexity index is 744. The molecule has 21 heavy (non-hydrogen) atoms. The normalized spacial score (nSPS) is 10.8. The fraction of sp³-hybridized carbons (Fsp3) is 0.167. The van der Waals surface area contributed by atoms with Crippen molar-refractivity contribution < 1.29 is 9.84 Å². The number of ether oxygens (including phenoxy) is 1. The first kappa shape index (κ1) is 15.0. The summed E-state index contributed by atoms with van der Waals surface area (Å²) in [5.74, 6) is 0.368. The molecule has 0 saturated carbocycles. The molecule has 0 saturated heterocycles. The zero-order valence-electron chi connectivity index (χ0n) is 11.2. The summed E-state index contributed by atoms with van der Waals surface area (Å²) in [6, 6.07) is 3.29. The van der Waals surface area contributed by atoms with E-state index in [0.29, 0.717) is 11.3 Å². The Labute approximate surface area is 128 Å². The van der Waals surface area contributed by atoms with Crippen molar-refractivity contribution in [3.8, 4) is 11.5 Å². The molecule has 1 heterocycles. The quantitative estimate of drug-likeness (QED) is 0.565. The summed E-state index contributed by atoms with van der Waals surface area (Å²) in [6.45, 7) is 1.55. The van der Waals surface area contributed by atoms with Crippen molar-refractivity contribution in [2.45, 2.75) is 6.92 Å². The van der Waals surface area contributed by atoms with Crippen molar-refractivity contribution in [3.05, 3.63) is 38.2 Å². The summed E-state index contributed by atoms with van der Waals surface area (Å²) in [6.07, 6.45) is 1.36. The van der Waals surface area contributed by atoms with E-state index in [1.165, 1.54) is 13.3 Å². The van der Waals surface area contributed by atoms with Crippen LogP contribution < -0.4 is 15.7 Å². The van der Waals surface area contributed by atoms with Gasteiger partial charge in [0.2, 0.25) is 5.95 Å². The minimum Gasteiger partial charge on any atom is -0.504 e. The highest BCUT2D eigenvalue weighted by molar-refractivity contribution is 9.10. The molecule has 2 aromatic rings. The van der Waals surface area contributed by atoms with Crippen molar-refractivity contribution in [2.24, 2.45) is 5.10 Å². The third-order valence-corrected chi connectivity index (χ3v) is 2.98. The molecule has 0 bridgehead atoms. The second kappa shape index (κ2) is 6.35.